The monoisotopic (exact) mass is 571 g/mol. The van der Waals surface area contributed by atoms with Crippen molar-refractivity contribution in [2.24, 2.45) is 12.0 Å². The largest absolute Gasteiger partial charge is 0.367 e. The van der Waals surface area contributed by atoms with Gasteiger partial charge in [0.15, 0.2) is 11.8 Å². The molecule has 3 heterocycles. The lowest BCUT2D eigenvalue weighted by Gasteiger charge is -2.38. The van der Waals surface area contributed by atoms with E-state index in [9.17, 15) is 0 Å². The van der Waals surface area contributed by atoms with E-state index in [2.05, 4.69) is 48.9 Å². The van der Waals surface area contributed by atoms with Crippen LogP contribution in [0.15, 0.2) is 46.8 Å². The molecule has 1 N–H and O–H groups in total. The fourth-order valence-corrected chi connectivity index (χ4v) is 4.35. The lowest BCUT2D eigenvalue weighted by Crippen LogP contribution is -2.52. The van der Waals surface area contributed by atoms with Crippen LogP contribution < -0.4 is 10.2 Å². The second kappa shape index (κ2) is 11.1. The van der Waals surface area contributed by atoms with Crippen molar-refractivity contribution in [3.8, 4) is 0 Å². The van der Waals surface area contributed by atoms with E-state index in [0.717, 1.165) is 61.0 Å². The Morgan fingerprint density at radius 3 is 2.55 bits per heavy atom. The molecule has 0 amide bonds. The van der Waals surface area contributed by atoms with E-state index in [1.807, 2.05) is 36.7 Å². The van der Waals surface area contributed by atoms with Crippen LogP contribution in [0.1, 0.15) is 16.5 Å². The van der Waals surface area contributed by atoms with Crippen molar-refractivity contribution < 1.29 is 0 Å². The van der Waals surface area contributed by atoms with Gasteiger partial charge >= 0.3 is 0 Å². The first-order chi connectivity index (χ1) is 14.6. The highest BCUT2D eigenvalue weighted by atomic mass is 127. The molecule has 7 nitrogen and oxygen atoms in total. The van der Waals surface area contributed by atoms with Gasteiger partial charge in [-0.05, 0) is 30.5 Å². The minimum atomic E-state index is 0. The summed E-state index contributed by atoms with van der Waals surface area (Å²) in [4.78, 5) is 10.8. The molecule has 166 valence electrons. The molecule has 10 heteroatoms. The van der Waals surface area contributed by atoms with Gasteiger partial charge in [-0.15, -0.1) is 45.5 Å². The first-order valence-electron chi connectivity index (χ1n) is 10.0. The molecule has 3 aromatic rings. The number of hydrogen-bond acceptors (Lipinski definition) is 5. The lowest BCUT2D eigenvalue weighted by atomic mass is 10.2. The van der Waals surface area contributed by atoms with E-state index in [0.29, 0.717) is 6.54 Å². The summed E-state index contributed by atoms with van der Waals surface area (Å²) >= 11 is 8.14. The van der Waals surface area contributed by atoms with Crippen molar-refractivity contribution in [1.82, 2.24) is 25.0 Å². The lowest BCUT2D eigenvalue weighted by molar-refractivity contribution is 0.371. The quantitative estimate of drug-likeness (QED) is 0.286. The van der Waals surface area contributed by atoms with Gasteiger partial charge in [-0.1, -0.05) is 29.8 Å². The highest BCUT2D eigenvalue weighted by Gasteiger charge is 2.21. The van der Waals surface area contributed by atoms with Gasteiger partial charge in [0.25, 0.3) is 0 Å². The summed E-state index contributed by atoms with van der Waals surface area (Å²) < 4.78 is 1.98. The van der Waals surface area contributed by atoms with E-state index in [4.69, 9.17) is 16.6 Å². The molecule has 0 spiro atoms. The Hall–Kier alpha value is -1.85. The zero-order chi connectivity index (χ0) is 20.9. The molecule has 1 aromatic carbocycles. The summed E-state index contributed by atoms with van der Waals surface area (Å²) in [6.45, 7) is 6.75. The molecule has 0 unspecified atom stereocenters. The second-order valence-electron chi connectivity index (χ2n) is 7.22. The predicted octanol–water partition coefficient (Wildman–Crippen LogP) is 3.92. The van der Waals surface area contributed by atoms with Gasteiger partial charge < -0.3 is 19.7 Å². The number of aryl methyl sites for hydroxylation is 1. The molecule has 1 aliphatic heterocycles. The number of benzene rings is 1. The first kappa shape index (κ1) is 23.8. The SMILES string of the molecule is Cc1nnc(CN=C(NCc2cccs2)N2CCN(c3ccccc3Cl)CC2)n1C.I. The number of anilines is 1. The molecule has 31 heavy (non-hydrogen) atoms. The van der Waals surface area contributed by atoms with Gasteiger partial charge in [0, 0.05) is 38.1 Å². The summed E-state index contributed by atoms with van der Waals surface area (Å²) in [5.74, 6) is 2.65. The van der Waals surface area contributed by atoms with E-state index in [1.165, 1.54) is 4.88 Å². The topological polar surface area (TPSA) is 61.6 Å². The molecular weight excluding hydrogens is 545 g/mol. The minimum absolute atomic E-state index is 0. The molecule has 1 aliphatic rings. The maximum Gasteiger partial charge on any atom is 0.194 e. The van der Waals surface area contributed by atoms with Gasteiger partial charge in [0.1, 0.15) is 12.4 Å². The summed E-state index contributed by atoms with van der Waals surface area (Å²) in [6, 6.07) is 12.2. The number of aliphatic imine (C=N–C) groups is 1. The molecule has 0 radical (unpaired) electrons. The van der Waals surface area contributed by atoms with Gasteiger partial charge in [-0.2, -0.15) is 0 Å². The minimum Gasteiger partial charge on any atom is -0.367 e. The third-order valence-electron chi connectivity index (χ3n) is 5.33. The number of piperazine rings is 1. The van der Waals surface area contributed by atoms with Crippen LogP contribution in [0, 0.1) is 6.92 Å². The summed E-state index contributed by atoms with van der Waals surface area (Å²) in [5, 5.41) is 14.8. The zero-order valence-corrected chi connectivity index (χ0v) is 21.6. The molecule has 0 bridgehead atoms. The number of hydrogen-bond donors (Lipinski definition) is 1. The third-order valence-corrected chi connectivity index (χ3v) is 6.52. The summed E-state index contributed by atoms with van der Waals surface area (Å²) in [5.41, 5.74) is 1.10. The smallest absolute Gasteiger partial charge is 0.194 e. The summed E-state index contributed by atoms with van der Waals surface area (Å²) in [7, 11) is 1.97. The zero-order valence-electron chi connectivity index (χ0n) is 17.7. The normalized spacial score (nSPS) is 14.5. The van der Waals surface area contributed by atoms with Crippen LogP contribution in [0.2, 0.25) is 5.02 Å². The second-order valence-corrected chi connectivity index (χ2v) is 8.66. The molecule has 1 fully saturated rings. The number of nitrogens with zero attached hydrogens (tertiary/aromatic N) is 6. The van der Waals surface area contributed by atoms with Crippen LogP contribution >= 0.6 is 46.9 Å². The van der Waals surface area contributed by atoms with Crippen molar-refractivity contribution in [3.63, 3.8) is 0 Å². The first-order valence-corrected chi connectivity index (χ1v) is 11.3. The summed E-state index contributed by atoms with van der Waals surface area (Å²) in [6.07, 6.45) is 0. The number of guanidine groups is 1. The van der Waals surface area contributed by atoms with Gasteiger partial charge in [0.2, 0.25) is 0 Å². The average Bonchev–Trinajstić information content (AvgIpc) is 3.40. The number of aromatic nitrogens is 3. The predicted molar refractivity (Wildman–Crippen MR) is 139 cm³/mol. The Balaban J connectivity index is 0.00000272. The number of para-hydroxylation sites is 1. The van der Waals surface area contributed by atoms with Crippen molar-refractivity contribution in [2.75, 3.05) is 31.1 Å². The maximum absolute atomic E-state index is 6.39. The van der Waals surface area contributed by atoms with E-state index < -0.39 is 0 Å². The van der Waals surface area contributed by atoms with E-state index >= 15 is 0 Å². The maximum atomic E-state index is 6.39. The van der Waals surface area contributed by atoms with E-state index in [1.54, 1.807) is 11.3 Å². The Morgan fingerprint density at radius 1 is 1.13 bits per heavy atom. The van der Waals surface area contributed by atoms with Crippen molar-refractivity contribution in [3.05, 3.63) is 63.3 Å². The number of halogens is 2. The van der Waals surface area contributed by atoms with Crippen molar-refractivity contribution in [2.45, 2.75) is 20.0 Å². The highest BCUT2D eigenvalue weighted by Crippen LogP contribution is 2.26. The Kier molecular flexibility index (Phi) is 8.56. The van der Waals surface area contributed by atoms with E-state index in [-0.39, 0.29) is 24.0 Å². The number of thiophene rings is 1. The van der Waals surface area contributed by atoms with Crippen molar-refractivity contribution >= 4 is 58.6 Å². The Labute approximate surface area is 209 Å². The van der Waals surface area contributed by atoms with Gasteiger partial charge in [-0.25, -0.2) is 4.99 Å². The average molecular weight is 572 g/mol. The molecule has 0 saturated carbocycles. The van der Waals surface area contributed by atoms with Crippen LogP contribution in [-0.2, 0) is 20.1 Å². The fraction of sp³-hybridized carbons (Fsp3) is 0.381. The van der Waals surface area contributed by atoms with Crippen LogP contribution in [0.4, 0.5) is 5.69 Å². The molecular formula is C21H27ClIN7S. The van der Waals surface area contributed by atoms with Gasteiger partial charge in [-0.3, -0.25) is 0 Å². The molecule has 4 rings (SSSR count). The standard InChI is InChI=1S/C21H26ClN7S.HI/c1-16-25-26-20(27(16)2)15-24-21(23-14-17-6-5-13-30-17)29-11-9-28(10-12-29)19-8-4-3-7-18(19)22;/h3-8,13H,9-12,14-15H2,1-2H3,(H,23,24);1H. The van der Waals surface area contributed by atoms with Crippen LogP contribution in [0.25, 0.3) is 0 Å². The molecule has 0 atom stereocenters. The number of rotatable bonds is 5. The molecule has 0 aliphatic carbocycles. The Bertz CT molecular complexity index is 997. The van der Waals surface area contributed by atoms with Gasteiger partial charge in [0.05, 0.1) is 17.3 Å². The van der Waals surface area contributed by atoms with Crippen LogP contribution in [0.5, 0.6) is 0 Å². The fourth-order valence-electron chi connectivity index (χ4n) is 3.45. The third kappa shape index (κ3) is 5.89. The van der Waals surface area contributed by atoms with Crippen molar-refractivity contribution in [1.29, 1.82) is 0 Å². The highest BCUT2D eigenvalue weighted by molar-refractivity contribution is 14.0. The number of nitrogens with one attached hydrogen (secondary N) is 1. The van der Waals surface area contributed by atoms with Crippen LogP contribution in [0.3, 0.4) is 0 Å². The molecule has 1 saturated heterocycles. The Morgan fingerprint density at radius 2 is 1.90 bits per heavy atom. The van der Waals surface area contributed by atoms with Crippen LogP contribution in [-0.4, -0.2) is 51.8 Å². The molecule has 2 aromatic heterocycles.